The van der Waals surface area contributed by atoms with Gasteiger partial charge < -0.3 is 4.74 Å². The Kier molecular flexibility index (Phi) is 3.81. The Morgan fingerprint density at radius 2 is 2.17 bits per heavy atom. The van der Waals surface area contributed by atoms with Crippen molar-refractivity contribution in [1.29, 1.82) is 0 Å². The number of ether oxygens (including phenoxy) is 1. The Morgan fingerprint density at radius 3 is 2.83 bits per heavy atom. The molecule has 0 radical (unpaired) electrons. The minimum atomic E-state index is -0.256. The molecule has 0 amide bonds. The van der Waals surface area contributed by atoms with Crippen molar-refractivity contribution < 1.29 is 9.53 Å². The SMILES string of the molecule is CCC(C)(C)C(=O)Cc1cc(Br)cc2c1OCC2. The lowest BCUT2D eigenvalue weighted by Gasteiger charge is -2.21. The van der Waals surface area contributed by atoms with E-state index in [1.165, 1.54) is 5.56 Å². The van der Waals surface area contributed by atoms with E-state index in [2.05, 4.69) is 28.9 Å². The van der Waals surface area contributed by atoms with Crippen LogP contribution >= 0.6 is 15.9 Å². The van der Waals surface area contributed by atoms with Crippen LogP contribution in [0, 0.1) is 5.41 Å². The van der Waals surface area contributed by atoms with E-state index in [9.17, 15) is 4.79 Å². The van der Waals surface area contributed by atoms with Crippen molar-refractivity contribution in [3.63, 3.8) is 0 Å². The van der Waals surface area contributed by atoms with Gasteiger partial charge in [-0.05, 0) is 24.1 Å². The van der Waals surface area contributed by atoms with E-state index in [1.807, 2.05) is 19.9 Å². The molecule has 3 heteroatoms. The quantitative estimate of drug-likeness (QED) is 0.842. The molecule has 0 aromatic heterocycles. The molecule has 0 saturated heterocycles. The van der Waals surface area contributed by atoms with Gasteiger partial charge in [0.2, 0.25) is 0 Å². The van der Waals surface area contributed by atoms with Gasteiger partial charge >= 0.3 is 0 Å². The first kappa shape index (κ1) is 13.6. The molecule has 1 heterocycles. The van der Waals surface area contributed by atoms with Gasteiger partial charge in [-0.2, -0.15) is 0 Å². The third kappa shape index (κ3) is 2.61. The zero-order valence-corrected chi connectivity index (χ0v) is 12.8. The van der Waals surface area contributed by atoms with E-state index in [1.54, 1.807) is 0 Å². The van der Waals surface area contributed by atoms with Crippen LogP contribution in [0.15, 0.2) is 16.6 Å². The number of Topliss-reactive ketones (excluding diaryl/α,β-unsaturated/α-hetero) is 1. The summed E-state index contributed by atoms with van der Waals surface area (Å²) >= 11 is 3.51. The molecule has 1 aliphatic rings. The summed E-state index contributed by atoms with van der Waals surface area (Å²) in [5.74, 6) is 1.21. The standard InChI is InChI=1S/C15H19BrO2/c1-4-15(2,3)13(17)9-11-8-12(16)7-10-5-6-18-14(10)11/h7-8H,4-6,9H2,1-3H3. The van der Waals surface area contributed by atoms with Gasteiger partial charge in [0.25, 0.3) is 0 Å². The fourth-order valence-corrected chi connectivity index (χ4v) is 2.64. The Bertz CT molecular complexity index is 478. The molecule has 18 heavy (non-hydrogen) atoms. The van der Waals surface area contributed by atoms with Crippen LogP contribution in [0.2, 0.25) is 0 Å². The molecule has 1 aromatic rings. The predicted octanol–water partition coefficient (Wildman–Crippen LogP) is 3.93. The molecule has 0 aliphatic carbocycles. The monoisotopic (exact) mass is 310 g/mol. The number of benzene rings is 1. The van der Waals surface area contributed by atoms with E-state index in [0.717, 1.165) is 35.2 Å². The van der Waals surface area contributed by atoms with Crippen LogP contribution in [0.3, 0.4) is 0 Å². The van der Waals surface area contributed by atoms with E-state index in [0.29, 0.717) is 6.42 Å². The van der Waals surface area contributed by atoms with Crippen LogP contribution in [-0.4, -0.2) is 12.4 Å². The molecule has 0 saturated carbocycles. The zero-order chi connectivity index (χ0) is 13.3. The smallest absolute Gasteiger partial charge is 0.142 e. The first-order chi connectivity index (χ1) is 8.44. The van der Waals surface area contributed by atoms with Crippen molar-refractivity contribution in [1.82, 2.24) is 0 Å². The highest BCUT2D eigenvalue weighted by atomic mass is 79.9. The molecule has 1 aliphatic heterocycles. The number of halogens is 1. The Labute approximate surface area is 117 Å². The van der Waals surface area contributed by atoms with Crippen LogP contribution < -0.4 is 4.74 Å². The van der Waals surface area contributed by atoms with Gasteiger partial charge in [0.05, 0.1) is 6.61 Å². The first-order valence-corrected chi connectivity index (χ1v) is 7.20. The molecular weight excluding hydrogens is 292 g/mol. The average Bonchev–Trinajstić information content (AvgIpc) is 2.76. The van der Waals surface area contributed by atoms with Crippen molar-refractivity contribution in [2.75, 3.05) is 6.61 Å². The first-order valence-electron chi connectivity index (χ1n) is 6.41. The van der Waals surface area contributed by atoms with Crippen molar-refractivity contribution >= 4 is 21.7 Å². The predicted molar refractivity (Wildman–Crippen MR) is 76.1 cm³/mol. The van der Waals surface area contributed by atoms with Gasteiger partial charge in [0.1, 0.15) is 11.5 Å². The number of hydrogen-bond donors (Lipinski definition) is 0. The van der Waals surface area contributed by atoms with E-state index >= 15 is 0 Å². The van der Waals surface area contributed by atoms with Crippen LogP contribution in [0.5, 0.6) is 5.75 Å². The lowest BCUT2D eigenvalue weighted by atomic mass is 9.82. The minimum Gasteiger partial charge on any atom is -0.493 e. The van der Waals surface area contributed by atoms with Crippen LogP contribution in [-0.2, 0) is 17.6 Å². The van der Waals surface area contributed by atoms with Crippen molar-refractivity contribution in [3.8, 4) is 5.75 Å². The van der Waals surface area contributed by atoms with E-state index in [4.69, 9.17) is 4.74 Å². The highest BCUT2D eigenvalue weighted by Crippen LogP contribution is 2.35. The number of ketones is 1. The summed E-state index contributed by atoms with van der Waals surface area (Å²) in [4.78, 5) is 12.3. The second kappa shape index (κ2) is 5.04. The second-order valence-electron chi connectivity index (χ2n) is 5.49. The average molecular weight is 311 g/mol. The molecular formula is C15H19BrO2. The summed E-state index contributed by atoms with van der Waals surface area (Å²) in [7, 11) is 0. The van der Waals surface area contributed by atoms with Gasteiger partial charge in [-0.15, -0.1) is 0 Å². The maximum absolute atomic E-state index is 12.3. The van der Waals surface area contributed by atoms with Crippen molar-refractivity contribution in [2.24, 2.45) is 5.41 Å². The fourth-order valence-electron chi connectivity index (χ4n) is 2.09. The molecule has 0 atom stereocenters. The number of carbonyl (C=O) groups is 1. The van der Waals surface area contributed by atoms with Crippen molar-refractivity contribution in [2.45, 2.75) is 40.0 Å². The van der Waals surface area contributed by atoms with Crippen LogP contribution in [0.25, 0.3) is 0 Å². The molecule has 1 aromatic carbocycles. The van der Waals surface area contributed by atoms with Gasteiger partial charge in [-0.25, -0.2) is 0 Å². The molecule has 0 unspecified atom stereocenters. The Hall–Kier alpha value is -0.830. The fraction of sp³-hybridized carbons (Fsp3) is 0.533. The highest BCUT2D eigenvalue weighted by molar-refractivity contribution is 9.10. The zero-order valence-electron chi connectivity index (χ0n) is 11.2. The lowest BCUT2D eigenvalue weighted by molar-refractivity contribution is -0.126. The summed E-state index contributed by atoms with van der Waals surface area (Å²) in [5.41, 5.74) is 1.97. The normalized spacial score (nSPS) is 14.2. The number of carbonyl (C=O) groups excluding carboxylic acids is 1. The summed E-state index contributed by atoms with van der Waals surface area (Å²) < 4.78 is 6.69. The molecule has 0 fully saturated rings. The Morgan fingerprint density at radius 1 is 1.44 bits per heavy atom. The van der Waals surface area contributed by atoms with Crippen molar-refractivity contribution in [3.05, 3.63) is 27.7 Å². The van der Waals surface area contributed by atoms with E-state index in [-0.39, 0.29) is 11.2 Å². The molecule has 98 valence electrons. The van der Waals surface area contributed by atoms with Crippen LogP contribution in [0.4, 0.5) is 0 Å². The summed E-state index contributed by atoms with van der Waals surface area (Å²) in [6, 6.07) is 4.09. The van der Waals surface area contributed by atoms with Gasteiger partial charge in [-0.3, -0.25) is 4.79 Å². The number of fused-ring (bicyclic) bond motifs is 1. The minimum absolute atomic E-state index is 0.256. The maximum Gasteiger partial charge on any atom is 0.142 e. The highest BCUT2D eigenvalue weighted by Gasteiger charge is 2.27. The number of hydrogen-bond acceptors (Lipinski definition) is 2. The third-order valence-electron chi connectivity index (χ3n) is 3.82. The Balaban J connectivity index is 2.28. The molecule has 2 rings (SSSR count). The molecule has 0 spiro atoms. The largest absolute Gasteiger partial charge is 0.493 e. The third-order valence-corrected chi connectivity index (χ3v) is 4.27. The summed E-state index contributed by atoms with van der Waals surface area (Å²) in [6.07, 6.45) is 2.26. The molecule has 0 bridgehead atoms. The maximum atomic E-state index is 12.3. The lowest BCUT2D eigenvalue weighted by Crippen LogP contribution is -2.25. The molecule has 2 nitrogen and oxygen atoms in total. The second-order valence-corrected chi connectivity index (χ2v) is 6.40. The van der Waals surface area contributed by atoms with Crippen LogP contribution in [0.1, 0.15) is 38.3 Å². The van der Waals surface area contributed by atoms with Gasteiger partial charge in [0.15, 0.2) is 0 Å². The van der Waals surface area contributed by atoms with E-state index < -0.39 is 0 Å². The van der Waals surface area contributed by atoms with Gasteiger partial charge in [-0.1, -0.05) is 36.7 Å². The number of rotatable bonds is 4. The molecule has 0 N–H and O–H groups in total. The summed E-state index contributed by atoms with van der Waals surface area (Å²) in [5, 5.41) is 0. The summed E-state index contributed by atoms with van der Waals surface area (Å²) in [6.45, 7) is 6.80. The topological polar surface area (TPSA) is 26.3 Å². The van der Waals surface area contributed by atoms with Gasteiger partial charge in [0, 0.05) is 28.3 Å².